The molecule has 128 heavy (non-hydrogen) atoms. The highest BCUT2D eigenvalue weighted by molar-refractivity contribution is 6.18. The van der Waals surface area contributed by atoms with Crippen LogP contribution in [-0.2, 0) is 0 Å². The smallest absolute Gasteiger partial charge is 0.137 e. The average molecular weight is 1640 g/mol. The zero-order chi connectivity index (χ0) is 84.3. The monoisotopic (exact) mass is 1630 g/mol. The summed E-state index contributed by atoms with van der Waals surface area (Å²) in [5.74, 6) is 0. The molecule has 0 bridgehead atoms. The molecule has 0 atom stereocenters. The Labute approximate surface area is 737 Å². The van der Waals surface area contributed by atoms with Gasteiger partial charge in [-0.2, -0.15) is 0 Å². The Morgan fingerprint density at radius 2 is 0.445 bits per heavy atom. The van der Waals surface area contributed by atoms with Gasteiger partial charge in [-0.25, -0.2) is 0 Å². The molecule has 0 N–H and O–H groups in total. The van der Waals surface area contributed by atoms with Crippen LogP contribution >= 0.6 is 0 Å². The zero-order valence-corrected chi connectivity index (χ0v) is 69.5. The molecule has 26 aromatic rings. The van der Waals surface area contributed by atoms with Gasteiger partial charge >= 0.3 is 0 Å². The molecule has 0 fully saturated rings. The third kappa shape index (κ3) is 12.4. The summed E-state index contributed by atoms with van der Waals surface area (Å²) < 4.78 is 22.8. The van der Waals surface area contributed by atoms with E-state index >= 15 is 0 Å². The van der Waals surface area contributed by atoms with Crippen LogP contribution in [0.4, 0.5) is 34.1 Å². The van der Waals surface area contributed by atoms with Crippen LogP contribution in [0.5, 0.6) is 0 Å². The van der Waals surface area contributed by atoms with Gasteiger partial charge in [0.15, 0.2) is 0 Å². The molecule has 6 aromatic heterocycles. The molecule has 600 valence electrons. The Hall–Kier alpha value is -17.2. The lowest BCUT2D eigenvalue weighted by Gasteiger charge is -2.26. The Kier molecular flexibility index (Phi) is 17.5. The quantitative estimate of drug-likeness (QED) is 0.109. The number of para-hydroxylation sites is 8. The maximum absolute atomic E-state index is 6.69. The normalized spacial score (nSPS) is 11.8. The third-order valence-corrected chi connectivity index (χ3v) is 25.8. The largest absolute Gasteiger partial charge is 0.456 e. The summed E-state index contributed by atoms with van der Waals surface area (Å²) in [6.07, 6.45) is 0. The van der Waals surface area contributed by atoms with Crippen LogP contribution in [0.15, 0.2) is 482 Å². The third-order valence-electron chi connectivity index (χ3n) is 25.8. The number of rotatable bonds is 14. The van der Waals surface area contributed by atoms with Crippen LogP contribution in [0.1, 0.15) is 0 Å². The van der Waals surface area contributed by atoms with Crippen LogP contribution in [0, 0.1) is 0 Å². The molecule has 0 saturated heterocycles. The topological polar surface area (TPSA) is 52.5 Å². The minimum atomic E-state index is 0.843. The second kappa shape index (κ2) is 30.4. The first-order valence-electron chi connectivity index (χ1n) is 43.7. The lowest BCUT2D eigenvalue weighted by molar-refractivity contribution is 0.668. The van der Waals surface area contributed by atoms with Crippen LogP contribution < -0.4 is 9.80 Å². The Morgan fingerprint density at radius 3 is 0.859 bits per heavy atom. The van der Waals surface area contributed by atoms with Gasteiger partial charge in [0, 0.05) is 134 Å². The maximum Gasteiger partial charge on any atom is 0.137 e. The summed E-state index contributed by atoms with van der Waals surface area (Å²) in [7, 11) is 0. The molecule has 26 rings (SSSR count). The van der Waals surface area contributed by atoms with E-state index in [1.807, 2.05) is 0 Å². The Morgan fingerprint density at radius 1 is 0.148 bits per heavy atom. The first kappa shape index (κ1) is 73.5. The van der Waals surface area contributed by atoms with E-state index in [0.717, 1.165) is 112 Å². The van der Waals surface area contributed by atoms with Crippen molar-refractivity contribution in [1.29, 1.82) is 0 Å². The number of benzene rings is 20. The van der Waals surface area contributed by atoms with E-state index in [4.69, 9.17) is 8.83 Å². The first-order valence-corrected chi connectivity index (χ1v) is 43.7. The molecule has 0 aliphatic rings. The summed E-state index contributed by atoms with van der Waals surface area (Å²) in [5.41, 5.74) is 33.2. The summed E-state index contributed by atoms with van der Waals surface area (Å²) in [6.45, 7) is 0. The number of hydrogen-bond acceptors (Lipinski definition) is 4. The van der Waals surface area contributed by atoms with Crippen molar-refractivity contribution < 1.29 is 8.83 Å². The molecule has 0 aliphatic heterocycles. The van der Waals surface area contributed by atoms with Gasteiger partial charge in [-0.3, -0.25) is 0 Å². The van der Waals surface area contributed by atoms with Gasteiger partial charge in [-0.1, -0.05) is 273 Å². The molecule has 0 spiro atoms. The van der Waals surface area contributed by atoms with E-state index in [0.29, 0.717) is 0 Å². The molecule has 0 amide bonds. The molecule has 6 heterocycles. The highest BCUT2D eigenvalue weighted by Gasteiger charge is 2.24. The lowest BCUT2D eigenvalue weighted by atomic mass is 9.99. The Bertz CT molecular complexity index is 8680. The standard InChI is InChI=1S/2C60H39N3O/c1-3-14-40(15-4-1)41-26-30-44(31-27-41)61(45-32-28-42(29-33-45)48-21-13-25-57-60(48)52-20-9-12-24-56(52)62(57)43-16-5-2-6-17-43)47-34-36-51-53-38-46(35-37-58(53)64-59(51)39-47)63-54-22-10-7-18-49(54)50-19-8-11-23-55(50)63;1-3-13-40(14-4-1)41-23-28-45(29-24-41)61(46-30-25-42(26-31-46)43-27-35-58-53(37-43)51-19-9-12-22-57(51)62(58)44-15-5-2-6-16-44)48-32-34-52-54-38-47(33-36-59(54)64-60(52)39-48)63-55-20-10-7-17-49(55)50-18-8-11-21-56(50)63/h2*1-39H. The second-order valence-corrected chi connectivity index (χ2v) is 33.1. The summed E-state index contributed by atoms with van der Waals surface area (Å²) in [6, 6.07) is 170. The summed E-state index contributed by atoms with van der Waals surface area (Å²) >= 11 is 0. The van der Waals surface area contributed by atoms with Crippen molar-refractivity contribution >= 4 is 165 Å². The molecule has 20 aromatic carbocycles. The molecule has 0 saturated carbocycles. The number of nitrogens with zero attached hydrogens (tertiary/aromatic N) is 6. The second-order valence-electron chi connectivity index (χ2n) is 33.1. The number of aromatic nitrogens is 4. The van der Waals surface area contributed by atoms with Crippen molar-refractivity contribution in [2.45, 2.75) is 0 Å². The average Bonchev–Trinajstić information content (AvgIpc) is 1.59. The Balaban J connectivity index is 0.000000139. The zero-order valence-electron chi connectivity index (χ0n) is 69.5. The SMILES string of the molecule is c1ccc(-c2ccc(N(c3ccc(-c4ccc5c(c4)c4ccccc4n5-c4ccccc4)cc3)c3ccc4c(c3)oc3ccc(-n5c6ccccc6c6ccccc65)cc34)cc2)cc1.c1ccc(-c2ccc(N(c3ccc(-c4cccc5c4c4ccccc4n5-c4ccccc4)cc3)c3ccc4c(c3)oc3ccc(-n5c6ccccc6c6ccccc65)cc34)cc2)cc1. The number of hydrogen-bond donors (Lipinski definition) is 0. The van der Waals surface area contributed by atoms with Gasteiger partial charge in [0.2, 0.25) is 0 Å². The fraction of sp³-hybridized carbons (Fsp3) is 0. The van der Waals surface area contributed by atoms with Crippen LogP contribution in [0.3, 0.4) is 0 Å². The molecule has 0 radical (unpaired) electrons. The van der Waals surface area contributed by atoms with E-state index in [2.05, 4.69) is 501 Å². The van der Waals surface area contributed by atoms with Crippen molar-refractivity contribution in [1.82, 2.24) is 18.3 Å². The van der Waals surface area contributed by atoms with Gasteiger partial charge in [-0.15, -0.1) is 0 Å². The minimum Gasteiger partial charge on any atom is -0.456 e. The van der Waals surface area contributed by atoms with Crippen LogP contribution in [0.2, 0.25) is 0 Å². The molecular weight excluding hydrogens is 1560 g/mol. The van der Waals surface area contributed by atoms with Gasteiger partial charge < -0.3 is 36.9 Å². The van der Waals surface area contributed by atoms with Gasteiger partial charge in [-0.05, 0) is 233 Å². The van der Waals surface area contributed by atoms with Crippen molar-refractivity contribution in [2.75, 3.05) is 9.80 Å². The predicted molar refractivity (Wildman–Crippen MR) is 536 cm³/mol. The fourth-order valence-corrected chi connectivity index (χ4v) is 19.9. The van der Waals surface area contributed by atoms with E-state index in [1.54, 1.807) is 0 Å². The highest BCUT2D eigenvalue weighted by atomic mass is 16.3. The van der Waals surface area contributed by atoms with E-state index in [9.17, 15) is 0 Å². The molecule has 0 unspecified atom stereocenters. The van der Waals surface area contributed by atoms with Gasteiger partial charge in [0.25, 0.3) is 0 Å². The predicted octanol–water partition coefficient (Wildman–Crippen LogP) is 33.2. The van der Waals surface area contributed by atoms with Crippen LogP contribution in [0.25, 0.3) is 198 Å². The van der Waals surface area contributed by atoms with Crippen molar-refractivity contribution in [2.24, 2.45) is 0 Å². The maximum atomic E-state index is 6.69. The molecule has 8 nitrogen and oxygen atoms in total. The van der Waals surface area contributed by atoms with Crippen molar-refractivity contribution in [3.05, 3.63) is 473 Å². The van der Waals surface area contributed by atoms with Gasteiger partial charge in [0.1, 0.15) is 22.3 Å². The molecular formula is C120H78N6O2. The lowest BCUT2D eigenvalue weighted by Crippen LogP contribution is -2.09. The van der Waals surface area contributed by atoms with E-state index in [-0.39, 0.29) is 0 Å². The molecule has 8 heteroatoms. The van der Waals surface area contributed by atoms with Gasteiger partial charge in [0.05, 0.1) is 44.1 Å². The summed E-state index contributed by atoms with van der Waals surface area (Å²) in [5, 5.41) is 14.3. The van der Waals surface area contributed by atoms with Crippen molar-refractivity contribution in [3.63, 3.8) is 0 Å². The van der Waals surface area contributed by atoms with Crippen molar-refractivity contribution in [3.8, 4) is 67.3 Å². The first-order chi connectivity index (χ1) is 63.5. The van der Waals surface area contributed by atoms with E-state index < -0.39 is 0 Å². The number of anilines is 6. The summed E-state index contributed by atoms with van der Waals surface area (Å²) in [4.78, 5) is 4.65. The molecule has 0 aliphatic carbocycles. The highest BCUT2D eigenvalue weighted by Crippen LogP contribution is 2.47. The van der Waals surface area contributed by atoms with E-state index in [1.165, 1.54) is 121 Å². The fourth-order valence-electron chi connectivity index (χ4n) is 19.9. The van der Waals surface area contributed by atoms with Crippen LogP contribution in [-0.4, -0.2) is 18.3 Å². The number of furan rings is 2. The minimum absolute atomic E-state index is 0.843. The number of fused-ring (bicyclic) bond motifs is 18.